The molecule has 1 saturated heterocycles. The molecule has 1 aliphatic rings. The van der Waals surface area contributed by atoms with Gasteiger partial charge in [0.25, 0.3) is 5.69 Å². The SMILES string of the molecule is COC(=O)OC1C(C)NC(C)C(OC(=O)OC)C1c1ccccc1[N+](=O)[O-]. The van der Waals surface area contributed by atoms with Gasteiger partial charge in [-0.25, -0.2) is 9.59 Å². The number of hydrogen-bond acceptors (Lipinski definition) is 9. The third-order valence-electron chi connectivity index (χ3n) is 4.51. The Bertz CT molecular complexity index is 680. The van der Waals surface area contributed by atoms with Gasteiger partial charge in [-0.1, -0.05) is 18.2 Å². The molecule has 148 valence electrons. The fraction of sp³-hybridized carbons (Fsp3) is 0.529. The molecule has 0 aromatic heterocycles. The largest absolute Gasteiger partial charge is 0.508 e. The number of para-hydroxylation sites is 1. The van der Waals surface area contributed by atoms with E-state index in [1.54, 1.807) is 26.0 Å². The maximum atomic E-state index is 11.7. The van der Waals surface area contributed by atoms with Crippen LogP contribution < -0.4 is 5.32 Å². The van der Waals surface area contributed by atoms with Gasteiger partial charge in [-0.3, -0.25) is 10.1 Å². The van der Waals surface area contributed by atoms with Gasteiger partial charge in [0.05, 0.1) is 25.1 Å². The summed E-state index contributed by atoms with van der Waals surface area (Å²) in [5.74, 6) is -0.809. The zero-order chi connectivity index (χ0) is 20.1. The molecule has 2 rings (SSSR count). The summed E-state index contributed by atoms with van der Waals surface area (Å²) in [4.78, 5) is 34.5. The van der Waals surface area contributed by atoms with Crippen molar-refractivity contribution < 1.29 is 33.5 Å². The highest BCUT2D eigenvalue weighted by Gasteiger charge is 2.48. The van der Waals surface area contributed by atoms with Crippen molar-refractivity contribution in [3.05, 3.63) is 39.9 Å². The molecular weight excluding hydrogens is 360 g/mol. The standard InChI is InChI=1S/C17H22N2O8/c1-9-14(26-16(20)24-3)13(11-7-5-6-8-12(11)19(22)23)15(10(2)18-9)27-17(21)25-4/h5-10,13-15,18H,1-4H3. The molecule has 27 heavy (non-hydrogen) atoms. The Balaban J connectivity index is 2.56. The summed E-state index contributed by atoms with van der Waals surface area (Å²) in [5, 5.41) is 14.7. The van der Waals surface area contributed by atoms with Gasteiger partial charge in [-0.2, -0.15) is 0 Å². The van der Waals surface area contributed by atoms with E-state index in [1.165, 1.54) is 12.1 Å². The fourth-order valence-corrected chi connectivity index (χ4v) is 3.37. The van der Waals surface area contributed by atoms with Gasteiger partial charge < -0.3 is 24.3 Å². The number of nitrogens with one attached hydrogen (secondary N) is 1. The number of hydrogen-bond donors (Lipinski definition) is 1. The van der Waals surface area contributed by atoms with Crippen molar-refractivity contribution in [1.29, 1.82) is 0 Å². The van der Waals surface area contributed by atoms with Crippen LogP contribution in [0.15, 0.2) is 24.3 Å². The average Bonchev–Trinajstić information content (AvgIpc) is 2.65. The first-order valence-electron chi connectivity index (χ1n) is 8.28. The zero-order valence-corrected chi connectivity index (χ0v) is 15.4. The van der Waals surface area contributed by atoms with Gasteiger partial charge in [0.1, 0.15) is 12.2 Å². The van der Waals surface area contributed by atoms with Gasteiger partial charge in [-0.05, 0) is 13.8 Å². The molecule has 10 heteroatoms. The maximum Gasteiger partial charge on any atom is 0.508 e. The van der Waals surface area contributed by atoms with E-state index in [1.807, 2.05) is 0 Å². The van der Waals surface area contributed by atoms with Gasteiger partial charge >= 0.3 is 12.3 Å². The van der Waals surface area contributed by atoms with Crippen LogP contribution in [-0.2, 0) is 18.9 Å². The summed E-state index contributed by atoms with van der Waals surface area (Å²) < 4.78 is 19.9. The molecule has 10 nitrogen and oxygen atoms in total. The molecule has 0 amide bonds. The first-order chi connectivity index (χ1) is 12.8. The van der Waals surface area contributed by atoms with Gasteiger partial charge in [0.15, 0.2) is 0 Å². The summed E-state index contributed by atoms with van der Waals surface area (Å²) in [6.07, 6.45) is -3.65. The molecular formula is C17H22N2O8. The quantitative estimate of drug-likeness (QED) is 0.474. The molecule has 0 radical (unpaired) electrons. The second kappa shape index (κ2) is 8.67. The van der Waals surface area contributed by atoms with Crippen LogP contribution in [0.3, 0.4) is 0 Å². The third kappa shape index (κ3) is 4.45. The number of methoxy groups -OCH3 is 2. The monoisotopic (exact) mass is 382 g/mol. The van der Waals surface area contributed by atoms with E-state index >= 15 is 0 Å². The lowest BCUT2D eigenvalue weighted by Crippen LogP contribution is -2.61. The minimum atomic E-state index is -0.941. The molecule has 0 spiro atoms. The molecule has 1 aromatic carbocycles. The number of rotatable bonds is 4. The van der Waals surface area contributed by atoms with Crippen LogP contribution in [0.25, 0.3) is 0 Å². The van der Waals surface area contributed by atoms with Crippen molar-refractivity contribution in [2.75, 3.05) is 14.2 Å². The molecule has 1 fully saturated rings. The van der Waals surface area contributed by atoms with Crippen LogP contribution in [0.5, 0.6) is 0 Å². The highest BCUT2D eigenvalue weighted by molar-refractivity contribution is 5.61. The number of nitro benzene ring substituents is 1. The summed E-state index contributed by atoms with van der Waals surface area (Å²) in [5.41, 5.74) is 0.117. The van der Waals surface area contributed by atoms with Crippen LogP contribution >= 0.6 is 0 Å². The number of ether oxygens (including phenoxy) is 4. The number of carbonyl (C=O) groups excluding carboxylic acids is 2. The Morgan fingerprint density at radius 1 is 1.00 bits per heavy atom. The van der Waals surface area contributed by atoms with Crippen molar-refractivity contribution in [1.82, 2.24) is 5.32 Å². The van der Waals surface area contributed by atoms with E-state index < -0.39 is 35.4 Å². The van der Waals surface area contributed by atoms with E-state index in [0.29, 0.717) is 0 Å². The normalized spacial score (nSPS) is 27.3. The topological polar surface area (TPSA) is 126 Å². The number of carbonyl (C=O) groups is 2. The van der Waals surface area contributed by atoms with Crippen molar-refractivity contribution in [2.45, 2.75) is 44.1 Å². The van der Waals surface area contributed by atoms with E-state index in [0.717, 1.165) is 14.2 Å². The number of benzene rings is 1. The minimum absolute atomic E-state index is 0.166. The highest BCUT2D eigenvalue weighted by Crippen LogP contribution is 2.39. The Labute approximate surface area is 155 Å². The molecule has 0 bridgehead atoms. The summed E-state index contributed by atoms with van der Waals surface area (Å²) >= 11 is 0. The van der Waals surface area contributed by atoms with Crippen LogP contribution in [-0.4, -0.2) is 55.7 Å². The fourth-order valence-electron chi connectivity index (χ4n) is 3.37. The van der Waals surface area contributed by atoms with E-state index in [4.69, 9.17) is 9.47 Å². The molecule has 0 saturated carbocycles. The molecule has 4 atom stereocenters. The first kappa shape index (κ1) is 20.4. The average molecular weight is 382 g/mol. The summed E-state index contributed by atoms with van der Waals surface area (Å²) in [7, 11) is 2.32. The molecule has 1 aromatic rings. The van der Waals surface area contributed by atoms with Crippen LogP contribution in [0.4, 0.5) is 15.3 Å². The van der Waals surface area contributed by atoms with Gasteiger partial charge in [0.2, 0.25) is 0 Å². The van der Waals surface area contributed by atoms with Crippen molar-refractivity contribution in [2.24, 2.45) is 0 Å². The Morgan fingerprint density at radius 2 is 1.48 bits per heavy atom. The maximum absolute atomic E-state index is 11.7. The summed E-state index contributed by atoms with van der Waals surface area (Å²) in [6.45, 7) is 3.53. The van der Waals surface area contributed by atoms with Crippen molar-refractivity contribution in [3.8, 4) is 0 Å². The lowest BCUT2D eigenvalue weighted by molar-refractivity contribution is -0.386. The van der Waals surface area contributed by atoms with E-state index in [2.05, 4.69) is 14.8 Å². The smallest absolute Gasteiger partial charge is 0.438 e. The Morgan fingerprint density at radius 3 is 1.93 bits per heavy atom. The third-order valence-corrected chi connectivity index (χ3v) is 4.51. The zero-order valence-electron chi connectivity index (χ0n) is 15.4. The minimum Gasteiger partial charge on any atom is -0.438 e. The Hall–Kier alpha value is -2.88. The van der Waals surface area contributed by atoms with Crippen molar-refractivity contribution >= 4 is 18.0 Å². The van der Waals surface area contributed by atoms with Crippen molar-refractivity contribution in [3.63, 3.8) is 0 Å². The molecule has 1 aliphatic heterocycles. The first-order valence-corrected chi connectivity index (χ1v) is 8.28. The van der Waals surface area contributed by atoms with E-state index in [-0.39, 0.29) is 23.3 Å². The molecule has 1 N–H and O–H groups in total. The predicted molar refractivity (Wildman–Crippen MR) is 92.5 cm³/mol. The lowest BCUT2D eigenvalue weighted by Gasteiger charge is -2.44. The van der Waals surface area contributed by atoms with Gasteiger partial charge in [-0.15, -0.1) is 0 Å². The number of nitro groups is 1. The number of nitrogens with zero attached hydrogens (tertiary/aromatic N) is 1. The lowest BCUT2D eigenvalue weighted by atomic mass is 9.78. The predicted octanol–water partition coefficient (Wildman–Crippen LogP) is 2.36. The van der Waals surface area contributed by atoms with Crippen LogP contribution in [0.1, 0.15) is 25.3 Å². The Kier molecular flexibility index (Phi) is 6.56. The molecule has 4 unspecified atom stereocenters. The van der Waals surface area contributed by atoms with Crippen LogP contribution in [0, 0.1) is 10.1 Å². The van der Waals surface area contributed by atoms with Gasteiger partial charge in [0, 0.05) is 23.7 Å². The highest BCUT2D eigenvalue weighted by atomic mass is 16.7. The second-order valence-electron chi connectivity index (χ2n) is 6.16. The molecule has 1 heterocycles. The number of piperidine rings is 1. The second-order valence-corrected chi connectivity index (χ2v) is 6.16. The summed E-state index contributed by atoms with van der Waals surface area (Å²) in [6, 6.07) is 5.28. The van der Waals surface area contributed by atoms with E-state index in [9.17, 15) is 19.7 Å². The molecule has 0 aliphatic carbocycles. The van der Waals surface area contributed by atoms with Crippen LogP contribution in [0.2, 0.25) is 0 Å².